The number of nitrogens with zero attached hydrogens (tertiary/aromatic N) is 1. The van der Waals surface area contributed by atoms with E-state index in [-0.39, 0.29) is 23.5 Å². The topological polar surface area (TPSA) is 37.4 Å². The summed E-state index contributed by atoms with van der Waals surface area (Å²) in [5.74, 6) is -0.669. The average molecular weight is 392 g/mol. The second-order valence-electron chi connectivity index (χ2n) is 4.95. The Morgan fingerprint density at radius 2 is 1.70 bits per heavy atom. The molecule has 2 aromatic rings. The Bertz CT molecular complexity index is 787. The Balaban J connectivity index is 1.79. The Hall–Kier alpha value is -1.92. The number of halogens is 2. The van der Waals surface area contributed by atoms with Gasteiger partial charge in [-0.3, -0.25) is 14.5 Å². The summed E-state index contributed by atoms with van der Waals surface area (Å²) in [6, 6.07) is 13.2. The third-order valence-corrected chi connectivity index (χ3v) is 4.73. The summed E-state index contributed by atoms with van der Waals surface area (Å²) in [7, 11) is 0. The monoisotopic (exact) mass is 391 g/mol. The summed E-state index contributed by atoms with van der Waals surface area (Å²) in [6.07, 6.45) is 1.60. The first-order valence-corrected chi connectivity index (χ1v) is 8.39. The maximum absolute atomic E-state index is 12.9. The number of carbonyl (C=O) groups excluding carboxylic acids is 2. The van der Waals surface area contributed by atoms with Gasteiger partial charge in [0.05, 0.1) is 11.4 Å². The lowest BCUT2D eigenvalue weighted by Gasteiger charge is -2.12. The predicted octanol–water partition coefficient (Wildman–Crippen LogP) is 4.82. The molecule has 2 amide bonds. The molecule has 1 saturated heterocycles. The summed E-state index contributed by atoms with van der Waals surface area (Å²) >= 11 is 4.24. The van der Waals surface area contributed by atoms with Crippen LogP contribution in [0.25, 0.3) is 6.08 Å². The van der Waals surface area contributed by atoms with Crippen LogP contribution in [0, 0.1) is 5.82 Å². The number of imide groups is 1. The van der Waals surface area contributed by atoms with Gasteiger partial charge in [0.25, 0.3) is 11.1 Å². The molecule has 1 heterocycles. The molecule has 0 unspecified atom stereocenters. The molecule has 0 saturated carbocycles. The van der Waals surface area contributed by atoms with Crippen molar-refractivity contribution in [3.05, 3.63) is 74.9 Å². The first-order chi connectivity index (χ1) is 11.0. The van der Waals surface area contributed by atoms with Gasteiger partial charge in [0.1, 0.15) is 5.82 Å². The maximum Gasteiger partial charge on any atom is 0.293 e. The fourth-order valence-electron chi connectivity index (χ4n) is 2.12. The van der Waals surface area contributed by atoms with Crippen LogP contribution in [0.1, 0.15) is 11.1 Å². The molecule has 0 bridgehead atoms. The highest BCUT2D eigenvalue weighted by atomic mass is 79.9. The molecule has 2 aromatic carbocycles. The molecule has 3 rings (SSSR count). The van der Waals surface area contributed by atoms with Gasteiger partial charge < -0.3 is 0 Å². The fourth-order valence-corrected chi connectivity index (χ4v) is 3.22. The molecular formula is C17H11BrFNO2S. The second kappa shape index (κ2) is 6.68. The van der Waals surface area contributed by atoms with E-state index in [1.165, 1.54) is 17.0 Å². The van der Waals surface area contributed by atoms with Crippen LogP contribution >= 0.6 is 27.7 Å². The van der Waals surface area contributed by atoms with Crippen LogP contribution in [0.15, 0.2) is 57.9 Å². The quantitative estimate of drug-likeness (QED) is 0.703. The molecule has 1 fully saturated rings. The summed E-state index contributed by atoms with van der Waals surface area (Å²) in [4.78, 5) is 26.0. The number of carbonyl (C=O) groups is 2. The van der Waals surface area contributed by atoms with Gasteiger partial charge >= 0.3 is 0 Å². The third kappa shape index (κ3) is 3.71. The van der Waals surface area contributed by atoms with Crippen molar-refractivity contribution in [3.8, 4) is 0 Å². The van der Waals surface area contributed by atoms with E-state index < -0.39 is 0 Å². The van der Waals surface area contributed by atoms with E-state index in [0.717, 1.165) is 21.8 Å². The van der Waals surface area contributed by atoms with E-state index in [0.29, 0.717) is 10.5 Å². The van der Waals surface area contributed by atoms with Crippen LogP contribution in [-0.2, 0) is 11.3 Å². The van der Waals surface area contributed by atoms with Crippen molar-refractivity contribution in [1.29, 1.82) is 0 Å². The van der Waals surface area contributed by atoms with Crippen molar-refractivity contribution < 1.29 is 14.0 Å². The normalized spacial score (nSPS) is 16.4. The Morgan fingerprint density at radius 3 is 2.35 bits per heavy atom. The van der Waals surface area contributed by atoms with Crippen molar-refractivity contribution >= 4 is 44.9 Å². The SMILES string of the molecule is O=C1S/C(=C\c2ccc(F)cc2)C(=O)N1Cc1ccc(Br)cc1. The minimum Gasteiger partial charge on any atom is -0.268 e. The zero-order chi connectivity index (χ0) is 16.4. The van der Waals surface area contributed by atoms with E-state index >= 15 is 0 Å². The van der Waals surface area contributed by atoms with Crippen LogP contribution in [-0.4, -0.2) is 16.0 Å². The van der Waals surface area contributed by atoms with Crippen molar-refractivity contribution in [2.75, 3.05) is 0 Å². The summed E-state index contributed by atoms with van der Waals surface area (Å²) < 4.78 is 13.8. The first-order valence-electron chi connectivity index (χ1n) is 6.78. The third-order valence-electron chi connectivity index (χ3n) is 3.30. The van der Waals surface area contributed by atoms with Crippen molar-refractivity contribution in [2.24, 2.45) is 0 Å². The van der Waals surface area contributed by atoms with Gasteiger partial charge in [0.2, 0.25) is 0 Å². The molecule has 0 atom stereocenters. The van der Waals surface area contributed by atoms with E-state index in [1.54, 1.807) is 18.2 Å². The van der Waals surface area contributed by atoms with E-state index in [1.807, 2.05) is 24.3 Å². The number of rotatable bonds is 3. The predicted molar refractivity (Wildman–Crippen MR) is 92.1 cm³/mol. The molecule has 116 valence electrons. The zero-order valence-corrected chi connectivity index (χ0v) is 14.2. The number of benzene rings is 2. The lowest BCUT2D eigenvalue weighted by Crippen LogP contribution is -2.27. The molecule has 3 nitrogen and oxygen atoms in total. The smallest absolute Gasteiger partial charge is 0.268 e. The van der Waals surface area contributed by atoms with Gasteiger partial charge in [-0.2, -0.15) is 0 Å². The largest absolute Gasteiger partial charge is 0.293 e. The summed E-state index contributed by atoms with van der Waals surface area (Å²) in [5, 5.41) is -0.300. The van der Waals surface area contributed by atoms with Crippen LogP contribution < -0.4 is 0 Å². The zero-order valence-electron chi connectivity index (χ0n) is 11.8. The van der Waals surface area contributed by atoms with Crippen LogP contribution in [0.4, 0.5) is 9.18 Å². The minimum absolute atomic E-state index is 0.235. The summed E-state index contributed by atoms with van der Waals surface area (Å²) in [5.41, 5.74) is 1.55. The van der Waals surface area contributed by atoms with Gasteiger partial charge in [0.15, 0.2) is 0 Å². The fraction of sp³-hybridized carbons (Fsp3) is 0.0588. The van der Waals surface area contributed by atoms with Crippen molar-refractivity contribution in [1.82, 2.24) is 4.90 Å². The molecule has 0 aliphatic carbocycles. The number of hydrogen-bond acceptors (Lipinski definition) is 3. The lowest BCUT2D eigenvalue weighted by molar-refractivity contribution is -0.123. The Labute approximate surface area is 145 Å². The highest BCUT2D eigenvalue weighted by Gasteiger charge is 2.34. The van der Waals surface area contributed by atoms with Crippen molar-refractivity contribution in [3.63, 3.8) is 0 Å². The van der Waals surface area contributed by atoms with E-state index in [4.69, 9.17) is 0 Å². The Kier molecular flexibility index (Phi) is 4.63. The minimum atomic E-state index is -0.342. The molecule has 0 N–H and O–H groups in total. The number of thioether (sulfide) groups is 1. The molecule has 6 heteroatoms. The molecule has 0 spiro atoms. The van der Waals surface area contributed by atoms with Gasteiger partial charge in [0, 0.05) is 4.47 Å². The molecule has 23 heavy (non-hydrogen) atoms. The second-order valence-corrected chi connectivity index (χ2v) is 6.85. The number of amides is 2. The molecular weight excluding hydrogens is 381 g/mol. The average Bonchev–Trinajstić information content (AvgIpc) is 2.79. The Morgan fingerprint density at radius 1 is 1.04 bits per heavy atom. The lowest BCUT2D eigenvalue weighted by atomic mass is 10.2. The highest BCUT2D eigenvalue weighted by molar-refractivity contribution is 9.10. The standard InChI is InChI=1S/C17H11BrFNO2S/c18-13-5-1-12(2-6-13)10-20-16(21)15(23-17(20)22)9-11-3-7-14(19)8-4-11/h1-9H,10H2/b15-9-. The number of hydrogen-bond donors (Lipinski definition) is 0. The van der Waals surface area contributed by atoms with E-state index in [9.17, 15) is 14.0 Å². The van der Waals surface area contributed by atoms with Crippen LogP contribution in [0.2, 0.25) is 0 Å². The maximum atomic E-state index is 12.9. The van der Waals surface area contributed by atoms with Gasteiger partial charge in [-0.25, -0.2) is 4.39 Å². The van der Waals surface area contributed by atoms with Gasteiger partial charge in [-0.15, -0.1) is 0 Å². The molecule has 1 aliphatic rings. The molecule has 0 aromatic heterocycles. The van der Waals surface area contributed by atoms with Crippen LogP contribution in [0.3, 0.4) is 0 Å². The van der Waals surface area contributed by atoms with E-state index in [2.05, 4.69) is 15.9 Å². The van der Waals surface area contributed by atoms with Gasteiger partial charge in [-0.05, 0) is 53.2 Å². The first kappa shape index (κ1) is 16.0. The highest BCUT2D eigenvalue weighted by Crippen LogP contribution is 2.33. The summed E-state index contributed by atoms with van der Waals surface area (Å²) in [6.45, 7) is 0.235. The molecule has 0 radical (unpaired) electrons. The molecule has 1 aliphatic heterocycles. The van der Waals surface area contributed by atoms with Gasteiger partial charge in [-0.1, -0.05) is 40.2 Å². The van der Waals surface area contributed by atoms with Crippen LogP contribution in [0.5, 0.6) is 0 Å². The van der Waals surface area contributed by atoms with Crippen molar-refractivity contribution in [2.45, 2.75) is 6.54 Å².